The minimum Gasteiger partial charge on any atom is -0.493 e. The molecule has 0 spiro atoms. The SMILES string of the molecule is O=C(O)CCCCNC(=O)c1ccc2c(c1)CCO2. The van der Waals surface area contributed by atoms with E-state index in [4.69, 9.17) is 9.84 Å². The number of hydrogen-bond donors (Lipinski definition) is 2. The van der Waals surface area contributed by atoms with Gasteiger partial charge in [0, 0.05) is 24.9 Å². The minimum absolute atomic E-state index is 0.120. The molecule has 1 aliphatic rings. The molecule has 5 heteroatoms. The summed E-state index contributed by atoms with van der Waals surface area (Å²) in [7, 11) is 0. The van der Waals surface area contributed by atoms with Crippen molar-refractivity contribution in [1.82, 2.24) is 5.32 Å². The molecule has 0 fully saturated rings. The zero-order valence-corrected chi connectivity index (χ0v) is 10.6. The van der Waals surface area contributed by atoms with E-state index in [1.54, 1.807) is 6.07 Å². The average Bonchev–Trinajstić information content (AvgIpc) is 2.84. The highest BCUT2D eigenvalue weighted by Gasteiger charge is 2.14. The van der Waals surface area contributed by atoms with Crippen LogP contribution in [-0.4, -0.2) is 30.1 Å². The quantitative estimate of drug-likeness (QED) is 0.764. The lowest BCUT2D eigenvalue weighted by molar-refractivity contribution is -0.137. The maximum atomic E-state index is 11.9. The zero-order valence-electron chi connectivity index (χ0n) is 10.6. The molecule has 0 radical (unpaired) electrons. The first kappa shape index (κ1) is 13.4. The summed E-state index contributed by atoms with van der Waals surface area (Å²) < 4.78 is 5.38. The number of benzene rings is 1. The van der Waals surface area contributed by atoms with Crippen LogP contribution >= 0.6 is 0 Å². The third-order valence-electron chi connectivity index (χ3n) is 3.05. The number of nitrogens with one attached hydrogen (secondary N) is 1. The molecular weight excluding hydrogens is 246 g/mol. The van der Waals surface area contributed by atoms with Crippen LogP contribution in [0.15, 0.2) is 18.2 Å². The Balaban J connectivity index is 1.78. The lowest BCUT2D eigenvalue weighted by atomic mass is 10.1. The van der Waals surface area contributed by atoms with Crippen LogP contribution in [0.25, 0.3) is 0 Å². The van der Waals surface area contributed by atoms with E-state index in [2.05, 4.69) is 5.32 Å². The largest absolute Gasteiger partial charge is 0.493 e. The molecule has 0 saturated heterocycles. The number of carbonyl (C=O) groups is 2. The van der Waals surface area contributed by atoms with E-state index in [-0.39, 0.29) is 12.3 Å². The van der Waals surface area contributed by atoms with E-state index in [9.17, 15) is 9.59 Å². The Morgan fingerprint density at radius 2 is 2.16 bits per heavy atom. The van der Waals surface area contributed by atoms with Crippen LogP contribution in [0.3, 0.4) is 0 Å². The van der Waals surface area contributed by atoms with Crippen molar-refractivity contribution < 1.29 is 19.4 Å². The predicted molar refractivity (Wildman–Crippen MR) is 69.5 cm³/mol. The number of ether oxygens (including phenoxy) is 1. The van der Waals surface area contributed by atoms with E-state index in [0.717, 1.165) is 17.7 Å². The first-order chi connectivity index (χ1) is 9.16. The summed E-state index contributed by atoms with van der Waals surface area (Å²) >= 11 is 0. The van der Waals surface area contributed by atoms with Crippen molar-refractivity contribution in [3.05, 3.63) is 29.3 Å². The molecule has 0 aromatic heterocycles. The van der Waals surface area contributed by atoms with Gasteiger partial charge in [-0.25, -0.2) is 0 Å². The molecule has 0 bridgehead atoms. The Labute approximate surface area is 111 Å². The van der Waals surface area contributed by atoms with Crippen molar-refractivity contribution in [2.45, 2.75) is 25.7 Å². The van der Waals surface area contributed by atoms with Crippen LogP contribution in [0.1, 0.15) is 35.2 Å². The normalized spacial score (nSPS) is 12.6. The van der Waals surface area contributed by atoms with Crippen LogP contribution in [0.2, 0.25) is 0 Å². The van der Waals surface area contributed by atoms with E-state index >= 15 is 0 Å². The lowest BCUT2D eigenvalue weighted by Gasteiger charge is -2.06. The molecule has 0 unspecified atom stereocenters. The Hall–Kier alpha value is -2.04. The van der Waals surface area contributed by atoms with Crippen molar-refractivity contribution in [3.63, 3.8) is 0 Å². The fourth-order valence-corrected chi connectivity index (χ4v) is 2.03. The molecule has 1 aromatic rings. The summed E-state index contributed by atoms with van der Waals surface area (Å²) in [6.45, 7) is 1.18. The summed E-state index contributed by atoms with van der Waals surface area (Å²) in [5, 5.41) is 11.3. The number of hydrogen-bond acceptors (Lipinski definition) is 3. The third kappa shape index (κ3) is 3.71. The topological polar surface area (TPSA) is 75.6 Å². The number of rotatable bonds is 6. The van der Waals surface area contributed by atoms with Gasteiger partial charge in [-0.2, -0.15) is 0 Å². The highest BCUT2D eigenvalue weighted by atomic mass is 16.5. The summed E-state index contributed by atoms with van der Waals surface area (Å²) in [4.78, 5) is 22.2. The standard InChI is InChI=1S/C14H17NO4/c16-13(17)3-1-2-7-15-14(18)11-4-5-12-10(9-11)6-8-19-12/h4-5,9H,1-3,6-8H2,(H,15,18)(H,16,17). The van der Waals surface area contributed by atoms with Crippen LogP contribution in [0.5, 0.6) is 5.75 Å². The number of aliphatic carboxylic acids is 1. The van der Waals surface area contributed by atoms with Gasteiger partial charge in [-0.1, -0.05) is 0 Å². The Morgan fingerprint density at radius 1 is 1.32 bits per heavy atom. The maximum Gasteiger partial charge on any atom is 0.303 e. The van der Waals surface area contributed by atoms with Gasteiger partial charge >= 0.3 is 5.97 Å². The lowest BCUT2D eigenvalue weighted by Crippen LogP contribution is -2.24. The van der Waals surface area contributed by atoms with Crippen LogP contribution in [0.4, 0.5) is 0 Å². The zero-order chi connectivity index (χ0) is 13.7. The van der Waals surface area contributed by atoms with Gasteiger partial charge in [-0.3, -0.25) is 9.59 Å². The predicted octanol–water partition coefficient (Wildman–Crippen LogP) is 1.61. The van der Waals surface area contributed by atoms with Gasteiger partial charge in [0.05, 0.1) is 6.61 Å². The van der Waals surface area contributed by atoms with Crippen molar-refractivity contribution in [2.24, 2.45) is 0 Å². The number of carbonyl (C=O) groups excluding carboxylic acids is 1. The molecule has 1 aromatic carbocycles. The van der Waals surface area contributed by atoms with E-state index in [0.29, 0.717) is 31.6 Å². The number of carboxylic acid groups (broad SMARTS) is 1. The molecular formula is C14H17NO4. The molecule has 0 atom stereocenters. The van der Waals surface area contributed by atoms with Crippen molar-refractivity contribution in [3.8, 4) is 5.75 Å². The van der Waals surface area contributed by atoms with Crippen molar-refractivity contribution in [1.29, 1.82) is 0 Å². The number of fused-ring (bicyclic) bond motifs is 1. The van der Waals surface area contributed by atoms with E-state index in [1.807, 2.05) is 12.1 Å². The monoisotopic (exact) mass is 263 g/mol. The van der Waals surface area contributed by atoms with Crippen molar-refractivity contribution >= 4 is 11.9 Å². The molecule has 102 valence electrons. The van der Waals surface area contributed by atoms with Gasteiger partial charge in [-0.15, -0.1) is 0 Å². The third-order valence-corrected chi connectivity index (χ3v) is 3.05. The Bertz CT molecular complexity index is 484. The number of carboxylic acids is 1. The Kier molecular flexibility index (Phi) is 4.39. The fourth-order valence-electron chi connectivity index (χ4n) is 2.03. The molecule has 1 heterocycles. The summed E-state index contributed by atoms with van der Waals surface area (Å²) in [6, 6.07) is 5.42. The van der Waals surface area contributed by atoms with Crippen molar-refractivity contribution in [2.75, 3.05) is 13.2 Å². The highest BCUT2D eigenvalue weighted by molar-refractivity contribution is 5.94. The average molecular weight is 263 g/mol. The van der Waals surface area contributed by atoms with Crippen LogP contribution < -0.4 is 10.1 Å². The summed E-state index contributed by atoms with van der Waals surface area (Å²) in [5.41, 5.74) is 1.70. The molecule has 0 aliphatic carbocycles. The fraction of sp³-hybridized carbons (Fsp3) is 0.429. The molecule has 1 amide bonds. The van der Waals surface area contributed by atoms with Crippen LogP contribution in [0, 0.1) is 0 Å². The van der Waals surface area contributed by atoms with Crippen LogP contribution in [-0.2, 0) is 11.2 Å². The minimum atomic E-state index is -0.801. The molecule has 1 aliphatic heterocycles. The van der Waals surface area contributed by atoms with Gasteiger partial charge in [-0.05, 0) is 36.6 Å². The molecule has 5 nitrogen and oxygen atoms in total. The first-order valence-electron chi connectivity index (χ1n) is 6.42. The summed E-state index contributed by atoms with van der Waals surface area (Å²) in [6.07, 6.45) is 2.24. The van der Waals surface area contributed by atoms with Gasteiger partial charge in [0.15, 0.2) is 0 Å². The molecule has 19 heavy (non-hydrogen) atoms. The maximum absolute atomic E-state index is 11.9. The van der Waals surface area contributed by atoms with Gasteiger partial charge in [0.1, 0.15) is 5.75 Å². The van der Waals surface area contributed by atoms with Gasteiger partial charge < -0.3 is 15.2 Å². The van der Waals surface area contributed by atoms with E-state index in [1.165, 1.54) is 0 Å². The van der Waals surface area contributed by atoms with E-state index < -0.39 is 5.97 Å². The second-order valence-corrected chi connectivity index (χ2v) is 4.53. The first-order valence-corrected chi connectivity index (χ1v) is 6.42. The second-order valence-electron chi connectivity index (χ2n) is 4.53. The molecule has 2 rings (SSSR count). The Morgan fingerprint density at radius 3 is 2.95 bits per heavy atom. The highest BCUT2D eigenvalue weighted by Crippen LogP contribution is 2.25. The smallest absolute Gasteiger partial charge is 0.303 e. The molecule has 2 N–H and O–H groups in total. The summed E-state index contributed by atoms with van der Waals surface area (Å²) in [5.74, 6) is -0.0621. The number of unbranched alkanes of at least 4 members (excludes halogenated alkanes) is 1. The van der Waals surface area contributed by atoms with Gasteiger partial charge in [0.25, 0.3) is 5.91 Å². The van der Waals surface area contributed by atoms with Gasteiger partial charge in [0.2, 0.25) is 0 Å². The number of amides is 1. The second kappa shape index (κ2) is 6.22. The molecule has 0 saturated carbocycles.